The second-order valence-corrected chi connectivity index (χ2v) is 5.81. The van der Waals surface area contributed by atoms with Gasteiger partial charge < -0.3 is 5.73 Å². The lowest BCUT2D eigenvalue weighted by Crippen LogP contribution is -2.13. The molecule has 20 heavy (non-hydrogen) atoms. The Hall–Kier alpha value is -1.97. The first-order valence-corrected chi connectivity index (χ1v) is 6.25. The Bertz CT molecular complexity index is 693. The normalized spacial score (nSPS) is 11.7. The Labute approximate surface area is 115 Å². The molecule has 0 amide bonds. The summed E-state index contributed by atoms with van der Waals surface area (Å²) in [6.07, 6.45) is -1.35. The molecule has 0 spiro atoms. The van der Waals surface area contributed by atoms with Crippen LogP contribution >= 0.6 is 0 Å². The number of rotatable bonds is 1. The average molecular weight is 279 g/mol. The van der Waals surface area contributed by atoms with Gasteiger partial charge in [-0.1, -0.05) is 26.8 Å². The third kappa shape index (κ3) is 2.64. The molecule has 106 valence electrons. The number of halogens is 3. The van der Waals surface area contributed by atoms with Crippen molar-refractivity contribution in [3.63, 3.8) is 0 Å². The molecule has 4 heteroatoms. The molecule has 1 nitrogen and oxygen atoms in total. The monoisotopic (exact) mass is 279 g/mol. The van der Waals surface area contributed by atoms with Gasteiger partial charge in [0.2, 0.25) is 0 Å². The summed E-state index contributed by atoms with van der Waals surface area (Å²) in [5.41, 5.74) is 6.71. The molecule has 0 fully saturated rings. The highest BCUT2D eigenvalue weighted by molar-refractivity contribution is 5.96. The van der Waals surface area contributed by atoms with Gasteiger partial charge in [0.15, 0.2) is 0 Å². The number of anilines is 1. The van der Waals surface area contributed by atoms with E-state index in [1.807, 2.05) is 20.8 Å². The fraction of sp³-hybridized carbons (Fsp3) is 0.250. The van der Waals surface area contributed by atoms with Gasteiger partial charge in [-0.2, -0.15) is 8.78 Å². The number of hydrogen-bond donors (Lipinski definition) is 1. The van der Waals surface area contributed by atoms with Gasteiger partial charge in [0, 0.05) is 17.3 Å². The molecule has 0 saturated heterocycles. The van der Waals surface area contributed by atoms with Crippen LogP contribution in [0.4, 0.5) is 18.9 Å². The lowest BCUT2D eigenvalue weighted by atomic mass is 9.82. The molecule has 0 atom stereocenters. The van der Waals surface area contributed by atoms with E-state index in [1.54, 1.807) is 18.2 Å². The Morgan fingerprint density at radius 1 is 1.15 bits per heavy atom. The lowest BCUT2D eigenvalue weighted by Gasteiger charge is -2.23. The number of hydrogen-bond acceptors (Lipinski definition) is 1. The highest BCUT2D eigenvalue weighted by atomic mass is 19.3. The first kappa shape index (κ1) is 14.4. The maximum absolute atomic E-state index is 13.9. The van der Waals surface area contributed by atoms with E-state index in [4.69, 9.17) is 5.73 Å². The number of nitrogen functional groups attached to an aromatic ring is 1. The van der Waals surface area contributed by atoms with Gasteiger partial charge >= 0.3 is 0 Å². The summed E-state index contributed by atoms with van der Waals surface area (Å²) in [7, 11) is 0. The molecule has 0 heterocycles. The predicted octanol–water partition coefficient (Wildman–Crippen LogP) is 5.10. The van der Waals surface area contributed by atoms with Crippen LogP contribution in [-0.2, 0) is 5.41 Å². The van der Waals surface area contributed by atoms with Crippen LogP contribution in [0.3, 0.4) is 0 Å². The maximum atomic E-state index is 13.9. The highest BCUT2D eigenvalue weighted by Crippen LogP contribution is 2.36. The summed E-state index contributed by atoms with van der Waals surface area (Å²) in [5, 5.41) is 1.14. The fourth-order valence-corrected chi connectivity index (χ4v) is 2.33. The molecule has 0 saturated carbocycles. The van der Waals surface area contributed by atoms with E-state index < -0.39 is 11.9 Å². The first-order valence-electron chi connectivity index (χ1n) is 6.25. The van der Waals surface area contributed by atoms with Crippen molar-refractivity contribution in [1.82, 2.24) is 0 Å². The molecule has 2 aromatic carbocycles. The van der Waals surface area contributed by atoms with E-state index in [0.717, 1.165) is 5.56 Å². The zero-order valence-electron chi connectivity index (χ0n) is 11.6. The Morgan fingerprint density at radius 2 is 1.80 bits per heavy atom. The topological polar surface area (TPSA) is 26.0 Å². The molecular formula is C16H16F3N. The van der Waals surface area contributed by atoms with Gasteiger partial charge in [0.05, 0.1) is 0 Å². The van der Waals surface area contributed by atoms with Crippen molar-refractivity contribution in [3.8, 4) is 0 Å². The molecule has 2 N–H and O–H groups in total. The van der Waals surface area contributed by atoms with E-state index in [1.165, 1.54) is 6.07 Å². The summed E-state index contributed by atoms with van der Waals surface area (Å²) < 4.78 is 39.2. The fourth-order valence-electron chi connectivity index (χ4n) is 2.33. The molecule has 2 aromatic rings. The maximum Gasteiger partial charge on any atom is 0.271 e. The molecule has 0 radical (unpaired) electrons. The number of fused-ring (bicyclic) bond motifs is 1. The first-order chi connectivity index (χ1) is 9.20. The van der Waals surface area contributed by atoms with Crippen molar-refractivity contribution in [2.75, 3.05) is 5.73 Å². The van der Waals surface area contributed by atoms with E-state index in [2.05, 4.69) is 0 Å². The minimum Gasteiger partial charge on any atom is -0.399 e. The molecule has 0 aliphatic rings. The van der Waals surface area contributed by atoms with Crippen molar-refractivity contribution in [1.29, 1.82) is 0 Å². The predicted molar refractivity (Wildman–Crippen MR) is 77.2 cm³/mol. The molecule has 0 bridgehead atoms. The van der Waals surface area contributed by atoms with Crippen LogP contribution in [0.2, 0.25) is 0 Å². The van der Waals surface area contributed by atoms with Gasteiger partial charge in [-0.3, -0.25) is 0 Å². The summed E-state index contributed by atoms with van der Waals surface area (Å²) in [6, 6.07) is 6.12. The zero-order chi connectivity index (χ0) is 15.1. The van der Waals surface area contributed by atoms with Crippen molar-refractivity contribution in [2.24, 2.45) is 0 Å². The third-order valence-electron chi connectivity index (χ3n) is 3.19. The SMILES string of the molecule is CC(C)(C)c1cc(N)cc2ccc(F)c(C=C(F)F)c12. The molecular weight excluding hydrogens is 263 g/mol. The quantitative estimate of drug-likeness (QED) is 0.722. The van der Waals surface area contributed by atoms with Gasteiger partial charge in [-0.25, -0.2) is 4.39 Å². The summed E-state index contributed by atoms with van der Waals surface area (Å²) in [5.74, 6) is -0.666. The van der Waals surface area contributed by atoms with Crippen LogP contribution < -0.4 is 5.73 Å². The number of nitrogens with two attached hydrogens (primary N) is 1. The van der Waals surface area contributed by atoms with E-state index in [9.17, 15) is 13.2 Å². The number of benzene rings is 2. The largest absolute Gasteiger partial charge is 0.399 e. The second kappa shape index (κ2) is 4.85. The molecule has 2 rings (SSSR count). The molecule has 0 aromatic heterocycles. The van der Waals surface area contributed by atoms with Crippen LogP contribution in [0.15, 0.2) is 30.3 Å². The summed E-state index contributed by atoms with van der Waals surface area (Å²) in [6.45, 7) is 5.81. The van der Waals surface area contributed by atoms with Gasteiger partial charge in [0.1, 0.15) is 5.82 Å². The van der Waals surface area contributed by atoms with Crippen LogP contribution in [-0.4, -0.2) is 0 Å². The van der Waals surface area contributed by atoms with Crippen molar-refractivity contribution in [3.05, 3.63) is 47.3 Å². The Morgan fingerprint density at radius 3 is 2.35 bits per heavy atom. The molecule has 0 aliphatic carbocycles. The second-order valence-electron chi connectivity index (χ2n) is 5.81. The minimum atomic E-state index is -1.92. The van der Waals surface area contributed by atoms with Gasteiger partial charge in [0.25, 0.3) is 6.08 Å². The van der Waals surface area contributed by atoms with Crippen LogP contribution in [0.25, 0.3) is 16.8 Å². The standard InChI is InChI=1S/C16H16F3N/c1-16(2,3)12-7-10(20)6-9-4-5-13(17)11(15(9)12)8-14(18)19/h4-8H,20H2,1-3H3. The lowest BCUT2D eigenvalue weighted by molar-refractivity contribution is 0.429. The Kier molecular flexibility index (Phi) is 3.50. The van der Waals surface area contributed by atoms with Gasteiger partial charge in [-0.15, -0.1) is 0 Å². The van der Waals surface area contributed by atoms with Crippen LogP contribution in [0.1, 0.15) is 31.9 Å². The minimum absolute atomic E-state index is 0.0903. The highest BCUT2D eigenvalue weighted by Gasteiger charge is 2.21. The molecule has 0 unspecified atom stereocenters. The average Bonchev–Trinajstić information content (AvgIpc) is 2.30. The Balaban J connectivity index is 2.98. The van der Waals surface area contributed by atoms with Crippen molar-refractivity contribution in [2.45, 2.75) is 26.2 Å². The smallest absolute Gasteiger partial charge is 0.271 e. The van der Waals surface area contributed by atoms with E-state index in [-0.39, 0.29) is 11.0 Å². The molecule has 0 aliphatic heterocycles. The summed E-state index contributed by atoms with van der Waals surface area (Å²) in [4.78, 5) is 0. The summed E-state index contributed by atoms with van der Waals surface area (Å²) >= 11 is 0. The third-order valence-corrected chi connectivity index (χ3v) is 3.19. The van der Waals surface area contributed by atoms with Crippen molar-refractivity contribution < 1.29 is 13.2 Å². The zero-order valence-corrected chi connectivity index (χ0v) is 11.6. The van der Waals surface area contributed by atoms with Gasteiger partial charge in [-0.05, 0) is 39.9 Å². The van der Waals surface area contributed by atoms with E-state index >= 15 is 0 Å². The van der Waals surface area contributed by atoms with Crippen LogP contribution in [0.5, 0.6) is 0 Å². The van der Waals surface area contributed by atoms with Crippen molar-refractivity contribution >= 4 is 22.5 Å². The van der Waals surface area contributed by atoms with E-state index in [0.29, 0.717) is 22.5 Å². The van der Waals surface area contributed by atoms with Crippen LogP contribution in [0, 0.1) is 5.82 Å².